The highest BCUT2D eigenvalue weighted by Crippen LogP contribution is 2.23. The molecule has 1 heterocycles. The molecule has 0 fully saturated rings. The molecule has 7 heteroatoms. The van der Waals surface area contributed by atoms with E-state index in [0.717, 1.165) is 5.56 Å². The van der Waals surface area contributed by atoms with Crippen molar-refractivity contribution in [2.24, 2.45) is 0 Å². The Balaban J connectivity index is 2.28. The van der Waals surface area contributed by atoms with Crippen molar-refractivity contribution in [3.8, 4) is 0 Å². The van der Waals surface area contributed by atoms with Gasteiger partial charge in [0.1, 0.15) is 0 Å². The number of hydrogen-bond donors (Lipinski definition) is 2. The molecule has 1 aromatic heterocycles. The first-order chi connectivity index (χ1) is 13.2. The number of aromatic amines is 1. The number of aryl methyl sites for hydroxylation is 2. The van der Waals surface area contributed by atoms with Crippen LogP contribution in [0.25, 0.3) is 0 Å². The van der Waals surface area contributed by atoms with E-state index in [2.05, 4.69) is 10.3 Å². The van der Waals surface area contributed by atoms with Crippen LogP contribution in [0.1, 0.15) is 61.9 Å². The second-order valence-electron chi connectivity index (χ2n) is 6.60. The fraction of sp³-hybridized carbons (Fsp3) is 0.381. The molecule has 0 saturated carbocycles. The Labute approximate surface area is 164 Å². The number of carbonyl (C=O) groups excluding carboxylic acids is 3. The largest absolute Gasteiger partial charge is 0.465 e. The average molecular weight is 386 g/mol. The standard InChI is InChI=1S/C21H26N2O5/c1-7-28-21(26)17-12(3)18(23-13(17)4)19(24)14(5)22-16-10-15(20(25)27-6)9-8-11(16)2/h8-10,14,22-23H,7H2,1-6H3/t14-/m1/s1. The third-order valence-corrected chi connectivity index (χ3v) is 4.59. The summed E-state index contributed by atoms with van der Waals surface area (Å²) in [5, 5.41) is 3.14. The molecule has 0 radical (unpaired) electrons. The highest BCUT2D eigenvalue weighted by Gasteiger charge is 2.26. The number of rotatable bonds is 7. The number of ether oxygens (including phenoxy) is 2. The van der Waals surface area contributed by atoms with Crippen LogP contribution in [-0.2, 0) is 9.47 Å². The predicted octanol–water partition coefficient (Wildman–Crippen LogP) is 3.59. The van der Waals surface area contributed by atoms with Gasteiger partial charge < -0.3 is 19.8 Å². The number of benzene rings is 1. The molecule has 0 unspecified atom stereocenters. The molecule has 0 aliphatic carbocycles. The van der Waals surface area contributed by atoms with Crippen LogP contribution in [0.2, 0.25) is 0 Å². The third kappa shape index (κ3) is 4.24. The molecule has 0 aliphatic rings. The zero-order chi connectivity index (χ0) is 21.0. The number of nitrogens with one attached hydrogen (secondary N) is 2. The fourth-order valence-electron chi connectivity index (χ4n) is 3.04. The molecular formula is C21H26N2O5. The molecule has 0 spiro atoms. The SMILES string of the molecule is CCOC(=O)c1c(C)[nH]c(C(=O)[C@@H](C)Nc2cc(C(=O)OC)ccc2C)c1C. The van der Waals surface area contributed by atoms with Crippen molar-refractivity contribution in [3.63, 3.8) is 0 Å². The van der Waals surface area contributed by atoms with Gasteiger partial charge in [0, 0.05) is 11.4 Å². The van der Waals surface area contributed by atoms with Gasteiger partial charge in [-0.1, -0.05) is 6.07 Å². The number of H-pyrrole nitrogens is 1. The highest BCUT2D eigenvalue weighted by molar-refractivity contribution is 6.05. The quantitative estimate of drug-likeness (QED) is 0.557. The molecule has 2 aromatic rings. The summed E-state index contributed by atoms with van der Waals surface area (Å²) < 4.78 is 9.82. The summed E-state index contributed by atoms with van der Waals surface area (Å²) in [6.45, 7) is 9.06. The minimum absolute atomic E-state index is 0.195. The molecule has 2 N–H and O–H groups in total. The van der Waals surface area contributed by atoms with Crippen LogP contribution in [0.4, 0.5) is 5.69 Å². The van der Waals surface area contributed by atoms with Gasteiger partial charge in [-0.25, -0.2) is 9.59 Å². The first-order valence-electron chi connectivity index (χ1n) is 9.07. The van der Waals surface area contributed by atoms with Gasteiger partial charge in [-0.3, -0.25) is 4.79 Å². The maximum absolute atomic E-state index is 13.0. The van der Waals surface area contributed by atoms with Gasteiger partial charge in [-0.05, 0) is 57.9 Å². The van der Waals surface area contributed by atoms with Crippen molar-refractivity contribution in [3.05, 3.63) is 51.8 Å². The lowest BCUT2D eigenvalue weighted by Crippen LogP contribution is -2.27. The van der Waals surface area contributed by atoms with Crippen molar-refractivity contribution in [1.82, 2.24) is 4.98 Å². The summed E-state index contributed by atoms with van der Waals surface area (Å²) in [4.78, 5) is 39.9. The Morgan fingerprint density at radius 1 is 1.14 bits per heavy atom. The first kappa shape index (κ1) is 21.2. The van der Waals surface area contributed by atoms with E-state index >= 15 is 0 Å². The normalized spacial score (nSPS) is 11.6. The van der Waals surface area contributed by atoms with E-state index in [4.69, 9.17) is 9.47 Å². The van der Waals surface area contributed by atoms with Crippen LogP contribution in [0, 0.1) is 20.8 Å². The lowest BCUT2D eigenvalue weighted by atomic mass is 10.0. The Hall–Kier alpha value is -3.09. The van der Waals surface area contributed by atoms with Gasteiger partial charge in [0.15, 0.2) is 0 Å². The van der Waals surface area contributed by atoms with Crippen molar-refractivity contribution in [2.45, 2.75) is 40.7 Å². The smallest absolute Gasteiger partial charge is 0.340 e. The molecule has 28 heavy (non-hydrogen) atoms. The monoisotopic (exact) mass is 386 g/mol. The molecule has 0 aliphatic heterocycles. The summed E-state index contributed by atoms with van der Waals surface area (Å²) >= 11 is 0. The Bertz CT molecular complexity index is 914. The molecule has 0 bridgehead atoms. The summed E-state index contributed by atoms with van der Waals surface area (Å²) in [6, 6.07) is 4.53. The van der Waals surface area contributed by atoms with E-state index < -0.39 is 18.0 Å². The minimum atomic E-state index is -0.585. The van der Waals surface area contributed by atoms with E-state index in [9.17, 15) is 14.4 Å². The number of ketones is 1. The molecule has 7 nitrogen and oxygen atoms in total. The van der Waals surface area contributed by atoms with Crippen molar-refractivity contribution in [1.29, 1.82) is 0 Å². The number of carbonyl (C=O) groups is 3. The molecule has 0 amide bonds. The number of hydrogen-bond acceptors (Lipinski definition) is 6. The van der Waals surface area contributed by atoms with Crippen LogP contribution >= 0.6 is 0 Å². The Morgan fingerprint density at radius 3 is 2.43 bits per heavy atom. The van der Waals surface area contributed by atoms with E-state index in [1.54, 1.807) is 45.9 Å². The zero-order valence-electron chi connectivity index (χ0n) is 17.1. The summed E-state index contributed by atoms with van der Waals surface area (Å²) in [6.07, 6.45) is 0. The Morgan fingerprint density at radius 2 is 1.82 bits per heavy atom. The van der Waals surface area contributed by atoms with Crippen LogP contribution in [0.3, 0.4) is 0 Å². The van der Waals surface area contributed by atoms with E-state index in [1.165, 1.54) is 7.11 Å². The van der Waals surface area contributed by atoms with Crippen LogP contribution in [0.5, 0.6) is 0 Å². The maximum atomic E-state index is 13.0. The fourth-order valence-corrected chi connectivity index (χ4v) is 3.04. The second kappa shape index (κ2) is 8.73. The lowest BCUT2D eigenvalue weighted by molar-refractivity contribution is 0.0524. The van der Waals surface area contributed by atoms with Crippen LogP contribution in [0.15, 0.2) is 18.2 Å². The minimum Gasteiger partial charge on any atom is -0.465 e. The van der Waals surface area contributed by atoms with Crippen LogP contribution in [-0.4, -0.2) is 42.5 Å². The molecule has 2 rings (SSSR count). The highest BCUT2D eigenvalue weighted by atomic mass is 16.5. The van der Waals surface area contributed by atoms with Gasteiger partial charge in [-0.15, -0.1) is 0 Å². The van der Waals surface area contributed by atoms with Crippen molar-refractivity contribution in [2.75, 3.05) is 19.0 Å². The number of Topliss-reactive ketones (excluding diaryl/α,β-unsaturated/α-hetero) is 1. The van der Waals surface area contributed by atoms with Gasteiger partial charge in [0.25, 0.3) is 0 Å². The van der Waals surface area contributed by atoms with E-state index in [0.29, 0.717) is 33.8 Å². The molecule has 0 saturated heterocycles. The summed E-state index contributed by atoms with van der Waals surface area (Å²) in [5.41, 5.74) is 3.86. The Kier molecular flexibility index (Phi) is 6.62. The average Bonchev–Trinajstić information content (AvgIpc) is 2.96. The molecule has 150 valence electrons. The van der Waals surface area contributed by atoms with Gasteiger partial charge in [0.2, 0.25) is 5.78 Å². The topological polar surface area (TPSA) is 97.5 Å². The number of esters is 2. The van der Waals surface area contributed by atoms with Gasteiger partial charge in [-0.2, -0.15) is 0 Å². The van der Waals surface area contributed by atoms with E-state index in [1.807, 2.05) is 6.92 Å². The lowest BCUT2D eigenvalue weighted by Gasteiger charge is -2.17. The number of methoxy groups -OCH3 is 1. The molecular weight excluding hydrogens is 360 g/mol. The maximum Gasteiger partial charge on any atom is 0.340 e. The van der Waals surface area contributed by atoms with Crippen LogP contribution < -0.4 is 5.32 Å². The summed E-state index contributed by atoms with van der Waals surface area (Å²) in [5.74, 6) is -1.09. The second-order valence-corrected chi connectivity index (χ2v) is 6.60. The van der Waals surface area contributed by atoms with Crippen molar-refractivity contribution >= 4 is 23.4 Å². The summed E-state index contributed by atoms with van der Waals surface area (Å²) in [7, 11) is 1.32. The van der Waals surface area contributed by atoms with Gasteiger partial charge >= 0.3 is 11.9 Å². The number of aromatic nitrogens is 1. The predicted molar refractivity (Wildman–Crippen MR) is 106 cm³/mol. The third-order valence-electron chi connectivity index (χ3n) is 4.59. The molecule has 1 aromatic carbocycles. The first-order valence-corrected chi connectivity index (χ1v) is 9.07. The van der Waals surface area contributed by atoms with Crippen molar-refractivity contribution < 1.29 is 23.9 Å². The van der Waals surface area contributed by atoms with Gasteiger partial charge in [0.05, 0.1) is 36.6 Å². The zero-order valence-corrected chi connectivity index (χ0v) is 17.1. The number of anilines is 1. The molecule has 1 atom stereocenters. The van der Waals surface area contributed by atoms with E-state index in [-0.39, 0.29) is 12.4 Å².